The van der Waals surface area contributed by atoms with Crippen molar-refractivity contribution in [2.24, 2.45) is 0 Å². The van der Waals surface area contributed by atoms with Gasteiger partial charge in [0.25, 0.3) is 0 Å². The molecule has 3 rings (SSSR count). The quantitative estimate of drug-likeness (QED) is 0.911. The van der Waals surface area contributed by atoms with Crippen molar-refractivity contribution in [1.29, 1.82) is 0 Å². The predicted molar refractivity (Wildman–Crippen MR) is 82.5 cm³/mol. The van der Waals surface area contributed by atoms with Crippen LogP contribution in [-0.2, 0) is 0 Å². The number of nitrogens with zero attached hydrogens (tertiary/aromatic N) is 2. The van der Waals surface area contributed by atoms with Crippen molar-refractivity contribution in [2.75, 3.05) is 45.6 Å². The third-order valence-electron chi connectivity index (χ3n) is 4.42. The van der Waals surface area contributed by atoms with Crippen LogP contribution in [0.3, 0.4) is 0 Å². The molecule has 0 amide bonds. The van der Waals surface area contributed by atoms with Crippen molar-refractivity contribution < 1.29 is 4.74 Å². The molecule has 0 saturated carbocycles. The second-order valence-electron chi connectivity index (χ2n) is 6.11. The second kappa shape index (κ2) is 6.02. The number of piperidine rings is 1. The lowest BCUT2D eigenvalue weighted by Gasteiger charge is -2.38. The number of hydrogen-bond acceptors (Lipinski definition) is 4. The molecular weight excluding hydrogens is 250 g/mol. The molecule has 2 aliphatic heterocycles. The Morgan fingerprint density at radius 2 is 2.25 bits per heavy atom. The Balaban J connectivity index is 1.56. The summed E-state index contributed by atoms with van der Waals surface area (Å²) >= 11 is 0. The maximum absolute atomic E-state index is 6.10. The topological polar surface area (TPSA) is 27.7 Å². The molecule has 1 aromatic carbocycles. The van der Waals surface area contributed by atoms with Crippen LogP contribution in [0.15, 0.2) is 24.3 Å². The van der Waals surface area contributed by atoms with E-state index in [-0.39, 0.29) is 6.10 Å². The van der Waals surface area contributed by atoms with E-state index in [1.165, 1.54) is 25.9 Å². The Labute approximate surface area is 121 Å². The molecule has 0 radical (unpaired) electrons. The van der Waals surface area contributed by atoms with Crippen LogP contribution >= 0.6 is 0 Å². The fraction of sp³-hybridized carbons (Fsp3) is 0.625. The van der Waals surface area contributed by atoms with E-state index in [1.807, 2.05) is 18.2 Å². The third kappa shape index (κ3) is 3.07. The van der Waals surface area contributed by atoms with E-state index in [0.717, 1.165) is 24.5 Å². The molecule has 0 aromatic heterocycles. The van der Waals surface area contributed by atoms with E-state index < -0.39 is 0 Å². The second-order valence-corrected chi connectivity index (χ2v) is 6.11. The summed E-state index contributed by atoms with van der Waals surface area (Å²) in [6.07, 6.45) is 2.84. The highest BCUT2D eigenvalue weighted by atomic mass is 16.5. The van der Waals surface area contributed by atoms with Gasteiger partial charge < -0.3 is 15.0 Å². The van der Waals surface area contributed by atoms with Gasteiger partial charge in [-0.25, -0.2) is 0 Å². The van der Waals surface area contributed by atoms with Gasteiger partial charge in [0.1, 0.15) is 11.9 Å². The molecule has 20 heavy (non-hydrogen) atoms. The molecule has 110 valence electrons. The average Bonchev–Trinajstić information content (AvgIpc) is 2.47. The number of rotatable bonds is 3. The summed E-state index contributed by atoms with van der Waals surface area (Å²) in [5.41, 5.74) is 1.11. The van der Waals surface area contributed by atoms with E-state index in [1.54, 1.807) is 0 Å². The van der Waals surface area contributed by atoms with Gasteiger partial charge >= 0.3 is 0 Å². The fourth-order valence-corrected chi connectivity index (χ4v) is 3.23. The van der Waals surface area contributed by atoms with E-state index in [4.69, 9.17) is 4.74 Å². The van der Waals surface area contributed by atoms with Crippen molar-refractivity contribution in [3.8, 4) is 5.75 Å². The highest BCUT2D eigenvalue weighted by Gasteiger charge is 2.25. The van der Waals surface area contributed by atoms with Crippen molar-refractivity contribution in [3.05, 3.63) is 24.3 Å². The van der Waals surface area contributed by atoms with Crippen LogP contribution in [0.5, 0.6) is 5.75 Å². The molecule has 0 spiro atoms. The lowest BCUT2D eigenvalue weighted by atomic mass is 10.0. The number of likely N-dealkylation sites (tertiary alicyclic amines) is 1. The summed E-state index contributed by atoms with van der Waals surface area (Å²) in [4.78, 5) is 4.90. The van der Waals surface area contributed by atoms with E-state index >= 15 is 0 Å². The van der Waals surface area contributed by atoms with Crippen LogP contribution in [0, 0.1) is 0 Å². The summed E-state index contributed by atoms with van der Waals surface area (Å²) in [6.45, 7) is 4.29. The Bertz CT molecular complexity index is 451. The number of para-hydroxylation sites is 2. The Hall–Kier alpha value is -1.26. The molecule has 1 aromatic rings. The van der Waals surface area contributed by atoms with Crippen LogP contribution in [-0.4, -0.2) is 62.2 Å². The Morgan fingerprint density at radius 1 is 1.40 bits per heavy atom. The number of fused-ring (bicyclic) bond motifs is 1. The molecule has 0 bridgehead atoms. The zero-order chi connectivity index (χ0) is 13.9. The highest BCUT2D eigenvalue weighted by molar-refractivity contribution is 5.57. The molecule has 2 aliphatic rings. The molecule has 4 heteroatoms. The van der Waals surface area contributed by atoms with Crippen LogP contribution in [0.1, 0.15) is 12.8 Å². The Kier molecular flexibility index (Phi) is 4.13. The van der Waals surface area contributed by atoms with Gasteiger partial charge in [-0.1, -0.05) is 12.1 Å². The number of hydrogen-bond donors (Lipinski definition) is 1. The molecule has 2 atom stereocenters. The van der Waals surface area contributed by atoms with Gasteiger partial charge in [-0.3, -0.25) is 4.90 Å². The van der Waals surface area contributed by atoms with Gasteiger partial charge in [-0.2, -0.15) is 0 Å². The minimum atomic E-state index is 0.238. The van der Waals surface area contributed by atoms with Crippen molar-refractivity contribution in [1.82, 2.24) is 9.80 Å². The molecule has 1 fully saturated rings. The SMILES string of the molecule is CN1CCCC(N(C)CC2CNc3ccccc3O2)C1. The maximum atomic E-state index is 6.10. The van der Waals surface area contributed by atoms with Crippen LogP contribution in [0.4, 0.5) is 5.69 Å². The molecule has 0 aliphatic carbocycles. The number of ether oxygens (including phenoxy) is 1. The van der Waals surface area contributed by atoms with Gasteiger partial charge in [0.15, 0.2) is 0 Å². The summed E-state index contributed by atoms with van der Waals surface area (Å²) in [5, 5.41) is 3.47. The van der Waals surface area contributed by atoms with Crippen molar-refractivity contribution in [3.63, 3.8) is 0 Å². The minimum Gasteiger partial charge on any atom is -0.485 e. The zero-order valence-electron chi connectivity index (χ0n) is 12.5. The van der Waals surface area contributed by atoms with Crippen molar-refractivity contribution in [2.45, 2.75) is 25.0 Å². The molecular formula is C16H25N3O. The van der Waals surface area contributed by atoms with E-state index in [0.29, 0.717) is 6.04 Å². The lowest BCUT2D eigenvalue weighted by molar-refractivity contribution is 0.0880. The standard InChI is InChI=1S/C16H25N3O/c1-18-9-5-6-13(11-18)19(2)12-14-10-17-15-7-3-4-8-16(15)20-14/h3-4,7-8,13-14,17H,5-6,9-12H2,1-2H3. The average molecular weight is 275 g/mol. The first-order valence-electron chi connectivity index (χ1n) is 7.61. The summed E-state index contributed by atoms with van der Waals surface area (Å²) in [5.74, 6) is 0.984. The van der Waals surface area contributed by atoms with Gasteiger partial charge in [0, 0.05) is 19.1 Å². The minimum absolute atomic E-state index is 0.238. The number of likely N-dealkylation sites (N-methyl/N-ethyl adjacent to an activating group) is 2. The van der Waals surface area contributed by atoms with Gasteiger partial charge in [-0.05, 0) is 45.6 Å². The van der Waals surface area contributed by atoms with Gasteiger partial charge in [0.2, 0.25) is 0 Å². The molecule has 1 saturated heterocycles. The first-order valence-corrected chi connectivity index (χ1v) is 7.61. The molecule has 2 unspecified atom stereocenters. The maximum Gasteiger partial charge on any atom is 0.142 e. The highest BCUT2D eigenvalue weighted by Crippen LogP contribution is 2.28. The smallest absolute Gasteiger partial charge is 0.142 e. The first kappa shape index (κ1) is 13.7. The monoisotopic (exact) mass is 275 g/mol. The molecule has 1 N–H and O–H groups in total. The number of benzene rings is 1. The normalized spacial score (nSPS) is 26.8. The summed E-state index contributed by atoms with van der Waals surface area (Å²) < 4.78 is 6.10. The Morgan fingerprint density at radius 3 is 3.10 bits per heavy atom. The van der Waals surface area contributed by atoms with Gasteiger partial charge in [-0.15, -0.1) is 0 Å². The van der Waals surface area contributed by atoms with E-state index in [9.17, 15) is 0 Å². The van der Waals surface area contributed by atoms with Gasteiger partial charge in [0.05, 0.1) is 12.2 Å². The summed E-state index contributed by atoms with van der Waals surface area (Å²) in [7, 11) is 4.45. The third-order valence-corrected chi connectivity index (χ3v) is 4.42. The first-order chi connectivity index (χ1) is 9.72. The molecule has 2 heterocycles. The largest absolute Gasteiger partial charge is 0.485 e. The van der Waals surface area contributed by atoms with E-state index in [2.05, 4.69) is 35.3 Å². The fourth-order valence-electron chi connectivity index (χ4n) is 3.23. The molecule has 4 nitrogen and oxygen atoms in total. The number of nitrogens with one attached hydrogen (secondary N) is 1. The number of anilines is 1. The lowest BCUT2D eigenvalue weighted by Crippen LogP contribution is -2.49. The zero-order valence-corrected chi connectivity index (χ0v) is 12.5. The van der Waals surface area contributed by atoms with Crippen LogP contribution < -0.4 is 10.1 Å². The van der Waals surface area contributed by atoms with Crippen LogP contribution in [0.2, 0.25) is 0 Å². The summed E-state index contributed by atoms with van der Waals surface area (Å²) in [6, 6.07) is 8.85. The van der Waals surface area contributed by atoms with Crippen molar-refractivity contribution >= 4 is 5.69 Å². The predicted octanol–water partition coefficient (Wildman–Crippen LogP) is 1.89. The van der Waals surface area contributed by atoms with Crippen LogP contribution in [0.25, 0.3) is 0 Å².